The standard InChI is InChI=1S/C22H19ClO4/c1-14-12-17(27-16-7-3-2-4-8-16)11-10-15(14)6-5-9-18-19(24)13-20(25)21(23)22(18)26/h2-8,10-13,24-26H,9H2,1H3/b6-5+. The average molecular weight is 383 g/mol. The molecule has 3 aromatic carbocycles. The maximum absolute atomic E-state index is 9.99. The van der Waals surface area contributed by atoms with Crippen LogP contribution in [0.4, 0.5) is 0 Å². The van der Waals surface area contributed by atoms with Crippen LogP contribution in [-0.2, 0) is 6.42 Å². The summed E-state index contributed by atoms with van der Waals surface area (Å²) in [4.78, 5) is 0. The van der Waals surface area contributed by atoms with Crippen molar-refractivity contribution in [3.05, 3.63) is 82.4 Å². The van der Waals surface area contributed by atoms with Crippen LogP contribution in [0, 0.1) is 6.92 Å². The van der Waals surface area contributed by atoms with Gasteiger partial charge < -0.3 is 20.1 Å². The maximum Gasteiger partial charge on any atom is 0.145 e. The van der Waals surface area contributed by atoms with Crippen LogP contribution in [0.1, 0.15) is 16.7 Å². The summed E-state index contributed by atoms with van der Waals surface area (Å²) in [5.74, 6) is 0.639. The zero-order valence-corrected chi connectivity index (χ0v) is 15.4. The van der Waals surface area contributed by atoms with E-state index in [1.807, 2.05) is 67.6 Å². The predicted octanol–water partition coefficient (Wildman–Crippen LogP) is 5.81. The number of hydrogen-bond acceptors (Lipinski definition) is 4. The van der Waals surface area contributed by atoms with Crippen LogP contribution in [0.15, 0.2) is 60.7 Å². The van der Waals surface area contributed by atoms with Gasteiger partial charge in [0.05, 0.1) is 0 Å². The molecule has 0 saturated carbocycles. The summed E-state index contributed by atoms with van der Waals surface area (Å²) < 4.78 is 5.82. The third-order valence-corrected chi connectivity index (χ3v) is 4.51. The molecular weight excluding hydrogens is 364 g/mol. The summed E-state index contributed by atoms with van der Waals surface area (Å²) >= 11 is 5.81. The van der Waals surface area contributed by atoms with E-state index >= 15 is 0 Å². The number of allylic oxidation sites excluding steroid dienone is 1. The van der Waals surface area contributed by atoms with Crippen LogP contribution in [-0.4, -0.2) is 15.3 Å². The van der Waals surface area contributed by atoms with Gasteiger partial charge in [-0.05, 0) is 48.7 Å². The fourth-order valence-corrected chi connectivity index (χ4v) is 2.85. The third kappa shape index (κ3) is 4.36. The first kappa shape index (κ1) is 18.7. The Morgan fingerprint density at radius 1 is 0.926 bits per heavy atom. The number of aryl methyl sites for hydroxylation is 1. The van der Waals surface area contributed by atoms with Gasteiger partial charge in [0.25, 0.3) is 0 Å². The van der Waals surface area contributed by atoms with Crippen LogP contribution < -0.4 is 4.74 Å². The van der Waals surface area contributed by atoms with E-state index in [1.54, 1.807) is 0 Å². The molecule has 3 aromatic rings. The Morgan fingerprint density at radius 2 is 1.67 bits per heavy atom. The summed E-state index contributed by atoms with van der Waals surface area (Å²) in [6, 6.07) is 16.4. The van der Waals surface area contributed by atoms with Crippen molar-refractivity contribution in [2.45, 2.75) is 13.3 Å². The Balaban J connectivity index is 1.74. The number of rotatable bonds is 5. The van der Waals surface area contributed by atoms with E-state index in [-0.39, 0.29) is 34.3 Å². The number of ether oxygens (including phenoxy) is 1. The molecule has 0 saturated heterocycles. The van der Waals surface area contributed by atoms with Crippen molar-refractivity contribution in [3.8, 4) is 28.7 Å². The summed E-state index contributed by atoms with van der Waals surface area (Å²) in [6.45, 7) is 1.98. The highest BCUT2D eigenvalue weighted by molar-refractivity contribution is 6.33. The van der Waals surface area contributed by atoms with Gasteiger partial charge in [0.2, 0.25) is 0 Å². The first-order valence-electron chi connectivity index (χ1n) is 8.38. The van der Waals surface area contributed by atoms with Gasteiger partial charge in [0.15, 0.2) is 0 Å². The fraction of sp³-hybridized carbons (Fsp3) is 0.0909. The Labute approximate surface area is 162 Å². The number of benzene rings is 3. The molecule has 4 nitrogen and oxygen atoms in total. The van der Waals surface area contributed by atoms with Crippen LogP contribution in [0.2, 0.25) is 5.02 Å². The molecule has 0 fully saturated rings. The summed E-state index contributed by atoms with van der Waals surface area (Å²) in [7, 11) is 0. The Hall–Kier alpha value is -3.11. The SMILES string of the molecule is Cc1cc(Oc2ccccc2)ccc1/C=C/Cc1c(O)cc(O)c(Cl)c1O. The smallest absolute Gasteiger partial charge is 0.145 e. The normalized spacial score (nSPS) is 11.0. The zero-order chi connectivity index (χ0) is 19.4. The second-order valence-corrected chi connectivity index (χ2v) is 6.47. The number of halogens is 1. The van der Waals surface area contributed by atoms with E-state index in [0.29, 0.717) is 0 Å². The minimum atomic E-state index is -0.357. The lowest BCUT2D eigenvalue weighted by atomic mass is 10.0. The average Bonchev–Trinajstić information content (AvgIpc) is 2.65. The molecule has 0 aliphatic carbocycles. The van der Waals surface area contributed by atoms with Crippen molar-refractivity contribution in [2.24, 2.45) is 0 Å². The molecule has 5 heteroatoms. The first-order chi connectivity index (χ1) is 13.0. The van der Waals surface area contributed by atoms with Crippen LogP contribution in [0.25, 0.3) is 6.08 Å². The molecule has 3 N–H and O–H groups in total. The molecule has 0 aromatic heterocycles. The number of para-hydroxylation sites is 1. The highest BCUT2D eigenvalue weighted by Crippen LogP contribution is 2.41. The molecule has 0 aliphatic rings. The topological polar surface area (TPSA) is 69.9 Å². The van der Waals surface area contributed by atoms with Gasteiger partial charge in [-0.15, -0.1) is 0 Å². The lowest BCUT2D eigenvalue weighted by Crippen LogP contribution is -1.88. The molecule has 0 amide bonds. The summed E-state index contributed by atoms with van der Waals surface area (Å²) in [6.07, 6.45) is 3.96. The van der Waals surface area contributed by atoms with E-state index in [4.69, 9.17) is 16.3 Å². The summed E-state index contributed by atoms with van der Waals surface area (Å²) in [5, 5.41) is 29.2. The zero-order valence-electron chi connectivity index (χ0n) is 14.7. The number of hydrogen-bond donors (Lipinski definition) is 3. The molecule has 0 heterocycles. The molecular formula is C22H19ClO4. The van der Waals surface area contributed by atoms with Gasteiger partial charge in [-0.1, -0.05) is 48.0 Å². The monoisotopic (exact) mass is 382 g/mol. The second kappa shape index (κ2) is 8.06. The highest BCUT2D eigenvalue weighted by Gasteiger charge is 2.14. The summed E-state index contributed by atoms with van der Waals surface area (Å²) in [5.41, 5.74) is 2.27. The van der Waals surface area contributed by atoms with E-state index < -0.39 is 0 Å². The second-order valence-electron chi connectivity index (χ2n) is 6.10. The quantitative estimate of drug-likeness (QED) is 0.520. The van der Waals surface area contributed by atoms with Gasteiger partial charge >= 0.3 is 0 Å². The Kier molecular flexibility index (Phi) is 5.57. The maximum atomic E-state index is 9.99. The molecule has 0 bridgehead atoms. The Morgan fingerprint density at radius 3 is 2.37 bits per heavy atom. The molecule has 138 valence electrons. The molecule has 0 unspecified atom stereocenters. The lowest BCUT2D eigenvalue weighted by molar-refractivity contribution is 0.421. The van der Waals surface area contributed by atoms with Gasteiger partial charge in [0, 0.05) is 11.6 Å². The predicted molar refractivity (Wildman–Crippen MR) is 107 cm³/mol. The van der Waals surface area contributed by atoms with E-state index in [0.717, 1.165) is 28.7 Å². The van der Waals surface area contributed by atoms with Gasteiger partial charge in [0.1, 0.15) is 33.8 Å². The van der Waals surface area contributed by atoms with Crippen molar-refractivity contribution >= 4 is 17.7 Å². The number of phenolic OH excluding ortho intramolecular Hbond substituents is 3. The van der Waals surface area contributed by atoms with Crippen LogP contribution in [0.5, 0.6) is 28.7 Å². The Bertz CT molecular complexity index is 981. The molecule has 27 heavy (non-hydrogen) atoms. The molecule has 0 atom stereocenters. The minimum absolute atomic E-state index is 0.171. The van der Waals surface area contributed by atoms with Crippen molar-refractivity contribution in [1.82, 2.24) is 0 Å². The fourth-order valence-electron chi connectivity index (χ4n) is 2.68. The largest absolute Gasteiger partial charge is 0.507 e. The highest BCUT2D eigenvalue weighted by atomic mass is 35.5. The lowest BCUT2D eigenvalue weighted by Gasteiger charge is -2.09. The van der Waals surface area contributed by atoms with Crippen molar-refractivity contribution in [1.29, 1.82) is 0 Å². The molecule has 0 aliphatic heterocycles. The van der Waals surface area contributed by atoms with Crippen molar-refractivity contribution in [2.75, 3.05) is 0 Å². The molecule has 3 rings (SSSR count). The molecule has 0 spiro atoms. The van der Waals surface area contributed by atoms with Crippen LogP contribution >= 0.6 is 11.6 Å². The van der Waals surface area contributed by atoms with Crippen LogP contribution in [0.3, 0.4) is 0 Å². The van der Waals surface area contributed by atoms with Gasteiger partial charge in [-0.25, -0.2) is 0 Å². The van der Waals surface area contributed by atoms with Crippen molar-refractivity contribution < 1.29 is 20.1 Å². The van der Waals surface area contributed by atoms with E-state index in [1.165, 1.54) is 0 Å². The minimum Gasteiger partial charge on any atom is -0.507 e. The number of phenols is 3. The molecule has 0 radical (unpaired) electrons. The third-order valence-electron chi connectivity index (χ3n) is 4.14. The van der Waals surface area contributed by atoms with E-state index in [2.05, 4.69) is 0 Å². The number of aromatic hydroxyl groups is 3. The van der Waals surface area contributed by atoms with Gasteiger partial charge in [-0.3, -0.25) is 0 Å². The van der Waals surface area contributed by atoms with Gasteiger partial charge in [-0.2, -0.15) is 0 Å². The van der Waals surface area contributed by atoms with E-state index in [9.17, 15) is 15.3 Å². The van der Waals surface area contributed by atoms with Crippen molar-refractivity contribution in [3.63, 3.8) is 0 Å². The first-order valence-corrected chi connectivity index (χ1v) is 8.76.